The number of carboxylic acid groups (broad SMARTS) is 2. The molecule has 1 aliphatic heterocycles. The van der Waals surface area contributed by atoms with E-state index in [1.165, 1.54) is 6.08 Å². The summed E-state index contributed by atoms with van der Waals surface area (Å²) in [7, 11) is 0. The van der Waals surface area contributed by atoms with Gasteiger partial charge in [0, 0.05) is 11.6 Å². The fourth-order valence-electron chi connectivity index (χ4n) is 2.28. The third-order valence-electron chi connectivity index (χ3n) is 3.23. The highest BCUT2D eigenvalue weighted by atomic mass is 16.4. The molecule has 0 saturated heterocycles. The molecule has 0 bridgehead atoms. The quantitative estimate of drug-likeness (QED) is 0.828. The van der Waals surface area contributed by atoms with E-state index >= 15 is 0 Å². The highest BCUT2D eigenvalue weighted by Crippen LogP contribution is 2.28. The number of rotatable bonds is 1. The molecular weight excluding hydrogens is 260 g/mol. The fourth-order valence-corrected chi connectivity index (χ4v) is 2.28. The first kappa shape index (κ1) is 12.2. The minimum absolute atomic E-state index is 0.0215. The molecular formula is C14H10N2O4. The lowest BCUT2D eigenvalue weighted by atomic mass is 9.99. The molecule has 0 radical (unpaired) electrons. The summed E-state index contributed by atoms with van der Waals surface area (Å²) in [4.78, 5) is 27.3. The second-order valence-electron chi connectivity index (χ2n) is 4.45. The molecule has 0 spiro atoms. The molecule has 1 aromatic heterocycles. The van der Waals surface area contributed by atoms with Crippen LogP contribution in [0.4, 0.5) is 4.79 Å². The second-order valence-corrected chi connectivity index (χ2v) is 4.45. The molecule has 1 aliphatic rings. The smallest absolute Gasteiger partial charge is 0.412 e. The number of fused-ring (bicyclic) bond motifs is 2. The van der Waals surface area contributed by atoms with E-state index in [0.29, 0.717) is 5.56 Å². The van der Waals surface area contributed by atoms with Gasteiger partial charge >= 0.3 is 12.1 Å². The van der Waals surface area contributed by atoms with E-state index < -0.39 is 12.1 Å². The van der Waals surface area contributed by atoms with Crippen LogP contribution in [0.3, 0.4) is 0 Å². The van der Waals surface area contributed by atoms with Crippen molar-refractivity contribution in [1.82, 2.24) is 9.88 Å². The molecule has 2 N–H and O–H groups in total. The maximum Gasteiger partial charge on any atom is 0.412 e. The molecule has 2 heterocycles. The average Bonchev–Trinajstić information content (AvgIpc) is 2.43. The number of aromatic nitrogens is 1. The number of hydrogen-bond acceptors (Lipinski definition) is 3. The van der Waals surface area contributed by atoms with Crippen molar-refractivity contribution in [2.75, 3.05) is 0 Å². The number of carbonyl (C=O) groups is 2. The Morgan fingerprint density at radius 3 is 2.75 bits per heavy atom. The van der Waals surface area contributed by atoms with Gasteiger partial charge in [0.05, 0.1) is 12.1 Å². The highest BCUT2D eigenvalue weighted by molar-refractivity contribution is 5.97. The van der Waals surface area contributed by atoms with Crippen LogP contribution in [0.1, 0.15) is 11.1 Å². The van der Waals surface area contributed by atoms with Crippen LogP contribution < -0.4 is 0 Å². The van der Waals surface area contributed by atoms with Gasteiger partial charge in [0.15, 0.2) is 0 Å². The van der Waals surface area contributed by atoms with Crippen molar-refractivity contribution in [3.8, 4) is 0 Å². The predicted octanol–water partition coefficient (Wildman–Crippen LogP) is 2.15. The van der Waals surface area contributed by atoms with Gasteiger partial charge in [-0.05, 0) is 35.4 Å². The third kappa shape index (κ3) is 1.87. The van der Waals surface area contributed by atoms with Crippen molar-refractivity contribution in [2.45, 2.75) is 6.54 Å². The summed E-state index contributed by atoms with van der Waals surface area (Å²) in [6, 6.07) is 7.28. The summed E-state index contributed by atoms with van der Waals surface area (Å²) in [5, 5.41) is 19.1. The van der Waals surface area contributed by atoms with Crippen molar-refractivity contribution >= 4 is 29.0 Å². The minimum atomic E-state index is -1.28. The number of aliphatic carboxylic acids is 1. The van der Waals surface area contributed by atoms with Gasteiger partial charge in [0.1, 0.15) is 5.70 Å². The molecule has 0 atom stereocenters. The second kappa shape index (κ2) is 4.34. The van der Waals surface area contributed by atoms with Crippen LogP contribution in [0, 0.1) is 0 Å². The summed E-state index contributed by atoms with van der Waals surface area (Å²) in [5.41, 5.74) is 1.94. The van der Waals surface area contributed by atoms with Crippen molar-refractivity contribution in [3.63, 3.8) is 0 Å². The monoisotopic (exact) mass is 270 g/mol. The van der Waals surface area contributed by atoms with Crippen LogP contribution in [0.15, 0.2) is 36.2 Å². The van der Waals surface area contributed by atoms with E-state index in [4.69, 9.17) is 10.2 Å². The van der Waals surface area contributed by atoms with Crippen LogP contribution in [0.25, 0.3) is 17.0 Å². The molecule has 0 aliphatic carbocycles. The lowest BCUT2D eigenvalue weighted by Crippen LogP contribution is -2.34. The normalized spacial score (nSPS) is 13.8. The molecule has 20 heavy (non-hydrogen) atoms. The Bertz CT molecular complexity index is 767. The number of nitrogens with zero attached hydrogens (tertiary/aromatic N) is 2. The van der Waals surface area contributed by atoms with Crippen molar-refractivity contribution in [1.29, 1.82) is 0 Å². The van der Waals surface area contributed by atoms with E-state index in [9.17, 15) is 9.59 Å². The summed E-state index contributed by atoms with van der Waals surface area (Å²) in [5.74, 6) is -1.26. The Morgan fingerprint density at radius 1 is 1.25 bits per heavy atom. The Morgan fingerprint density at radius 2 is 2.05 bits per heavy atom. The SMILES string of the molecule is O=C(O)C1=Cc2cc3ncccc3cc2CN1C(=O)O. The van der Waals surface area contributed by atoms with Gasteiger partial charge in [-0.3, -0.25) is 9.88 Å². The lowest BCUT2D eigenvalue weighted by Gasteiger charge is -2.25. The summed E-state index contributed by atoms with van der Waals surface area (Å²) in [6.45, 7) is 0.0215. The number of carboxylic acids is 1. The number of hydrogen-bond donors (Lipinski definition) is 2. The van der Waals surface area contributed by atoms with Crippen LogP contribution in [0.5, 0.6) is 0 Å². The van der Waals surface area contributed by atoms with Gasteiger partial charge in [-0.2, -0.15) is 0 Å². The van der Waals surface area contributed by atoms with Crippen LogP contribution in [-0.2, 0) is 11.3 Å². The molecule has 100 valence electrons. The summed E-state index contributed by atoms with van der Waals surface area (Å²) in [6.07, 6.45) is 1.74. The third-order valence-corrected chi connectivity index (χ3v) is 3.23. The van der Waals surface area contributed by atoms with E-state index in [1.54, 1.807) is 18.3 Å². The molecule has 6 nitrogen and oxygen atoms in total. The summed E-state index contributed by atoms with van der Waals surface area (Å²) < 4.78 is 0. The Balaban J connectivity index is 2.20. The van der Waals surface area contributed by atoms with Crippen molar-refractivity contribution in [3.05, 3.63) is 47.3 Å². The molecule has 0 unspecified atom stereocenters. The molecule has 0 fully saturated rings. The first-order chi connectivity index (χ1) is 9.56. The van der Waals surface area contributed by atoms with Crippen LogP contribution in [-0.4, -0.2) is 32.2 Å². The summed E-state index contributed by atoms with van der Waals surface area (Å²) >= 11 is 0. The number of pyridine rings is 1. The van der Waals surface area contributed by atoms with Gasteiger partial charge in [-0.25, -0.2) is 9.59 Å². The average molecular weight is 270 g/mol. The largest absolute Gasteiger partial charge is 0.477 e. The van der Waals surface area contributed by atoms with E-state index in [-0.39, 0.29) is 12.2 Å². The topological polar surface area (TPSA) is 90.7 Å². The molecule has 0 saturated carbocycles. The fraction of sp³-hybridized carbons (Fsp3) is 0.0714. The van der Waals surface area contributed by atoms with E-state index in [1.807, 2.05) is 12.1 Å². The zero-order valence-corrected chi connectivity index (χ0v) is 10.3. The van der Waals surface area contributed by atoms with Crippen molar-refractivity contribution < 1.29 is 19.8 Å². The molecule has 1 aromatic carbocycles. The van der Waals surface area contributed by atoms with Gasteiger partial charge in [0.2, 0.25) is 0 Å². The maximum atomic E-state index is 11.2. The zero-order valence-electron chi connectivity index (χ0n) is 10.3. The predicted molar refractivity (Wildman–Crippen MR) is 70.9 cm³/mol. The molecule has 3 rings (SSSR count). The van der Waals surface area contributed by atoms with Crippen molar-refractivity contribution in [2.24, 2.45) is 0 Å². The number of amides is 1. The Hall–Kier alpha value is -2.89. The standard InChI is InChI=1S/C14H10N2O4/c17-13(18)12-6-9-5-11-8(2-1-3-15-11)4-10(9)7-16(12)14(19)20/h1-6H,7H2,(H,17,18)(H,19,20). The lowest BCUT2D eigenvalue weighted by molar-refractivity contribution is -0.134. The maximum absolute atomic E-state index is 11.2. The van der Waals surface area contributed by atoms with E-state index in [2.05, 4.69) is 4.98 Å². The van der Waals surface area contributed by atoms with E-state index in [0.717, 1.165) is 21.4 Å². The van der Waals surface area contributed by atoms with Gasteiger partial charge in [-0.1, -0.05) is 6.07 Å². The Kier molecular flexibility index (Phi) is 2.64. The highest BCUT2D eigenvalue weighted by Gasteiger charge is 2.27. The number of benzene rings is 1. The zero-order chi connectivity index (χ0) is 14.3. The first-order valence-corrected chi connectivity index (χ1v) is 5.89. The molecule has 1 amide bonds. The van der Waals surface area contributed by atoms with Gasteiger partial charge < -0.3 is 10.2 Å². The van der Waals surface area contributed by atoms with Gasteiger partial charge in [-0.15, -0.1) is 0 Å². The van der Waals surface area contributed by atoms with Gasteiger partial charge in [0.25, 0.3) is 0 Å². The molecule has 6 heteroatoms. The molecule has 2 aromatic rings. The first-order valence-electron chi connectivity index (χ1n) is 5.89. The van der Waals surface area contributed by atoms with Crippen LogP contribution >= 0.6 is 0 Å². The minimum Gasteiger partial charge on any atom is -0.477 e. The van der Waals surface area contributed by atoms with Crippen LogP contribution in [0.2, 0.25) is 0 Å². The Labute approximate surface area is 113 Å².